The second-order valence-corrected chi connectivity index (χ2v) is 6.78. The molecule has 6 nitrogen and oxygen atoms in total. The highest BCUT2D eigenvalue weighted by Crippen LogP contribution is 2.21. The number of benzene rings is 2. The summed E-state index contributed by atoms with van der Waals surface area (Å²) in [5.74, 6) is 0.369. The van der Waals surface area contributed by atoms with Gasteiger partial charge in [-0.05, 0) is 41.5 Å². The van der Waals surface area contributed by atoms with Crippen LogP contribution < -0.4 is 0 Å². The van der Waals surface area contributed by atoms with Gasteiger partial charge in [-0.3, -0.25) is 4.79 Å². The Balaban J connectivity index is 1.66. The van der Waals surface area contributed by atoms with Crippen molar-refractivity contribution in [2.24, 2.45) is 0 Å². The number of thioether (sulfide) groups is 1. The van der Waals surface area contributed by atoms with Crippen LogP contribution in [0.2, 0.25) is 0 Å². The molecular weight excluding hydrogens is 346 g/mol. The summed E-state index contributed by atoms with van der Waals surface area (Å²) in [5.41, 5.74) is 3.12. The van der Waals surface area contributed by atoms with E-state index in [1.807, 2.05) is 73.3 Å². The van der Waals surface area contributed by atoms with Crippen LogP contribution >= 0.6 is 11.8 Å². The number of amides is 1. The predicted molar refractivity (Wildman–Crippen MR) is 102 cm³/mol. The molecule has 3 aromatic rings. The van der Waals surface area contributed by atoms with Gasteiger partial charge in [0.1, 0.15) is 0 Å². The summed E-state index contributed by atoms with van der Waals surface area (Å²) in [6, 6.07) is 17.9. The summed E-state index contributed by atoms with van der Waals surface area (Å²) in [7, 11) is 0. The molecule has 0 aliphatic rings. The van der Waals surface area contributed by atoms with Gasteiger partial charge in [0.25, 0.3) is 0 Å². The van der Waals surface area contributed by atoms with Crippen molar-refractivity contribution in [2.75, 3.05) is 12.3 Å². The molecule has 0 bridgehead atoms. The molecule has 0 fully saturated rings. The first-order chi connectivity index (χ1) is 12.7. The fourth-order valence-corrected chi connectivity index (χ4v) is 3.41. The van der Waals surface area contributed by atoms with Gasteiger partial charge in [-0.25, -0.2) is 0 Å². The zero-order chi connectivity index (χ0) is 18.4. The van der Waals surface area contributed by atoms with Gasteiger partial charge >= 0.3 is 0 Å². The number of para-hydroxylation sites is 1. The number of aryl methyl sites for hydroxylation is 1. The minimum atomic E-state index is 0.0701. The highest BCUT2D eigenvalue weighted by molar-refractivity contribution is 7.99. The van der Waals surface area contributed by atoms with Crippen LogP contribution in [0.25, 0.3) is 5.69 Å². The van der Waals surface area contributed by atoms with Crippen LogP contribution in [0.5, 0.6) is 0 Å². The Morgan fingerprint density at radius 1 is 1.12 bits per heavy atom. The van der Waals surface area contributed by atoms with Crippen LogP contribution in [0, 0.1) is 6.92 Å². The van der Waals surface area contributed by atoms with Crippen LogP contribution in [-0.4, -0.2) is 43.3 Å². The lowest BCUT2D eigenvalue weighted by atomic mass is 10.2. The van der Waals surface area contributed by atoms with E-state index in [0.29, 0.717) is 24.0 Å². The maximum absolute atomic E-state index is 12.6. The Morgan fingerprint density at radius 3 is 2.58 bits per heavy atom. The highest BCUT2D eigenvalue weighted by Gasteiger charge is 2.16. The van der Waals surface area contributed by atoms with E-state index in [2.05, 4.69) is 15.5 Å². The van der Waals surface area contributed by atoms with Crippen LogP contribution in [0.3, 0.4) is 0 Å². The quantitative estimate of drug-likeness (QED) is 0.601. The summed E-state index contributed by atoms with van der Waals surface area (Å²) >= 11 is 1.36. The molecule has 1 amide bonds. The molecule has 0 N–H and O–H groups in total. The Bertz CT molecular complexity index is 865. The third kappa shape index (κ3) is 4.29. The van der Waals surface area contributed by atoms with Crippen molar-refractivity contribution in [3.8, 4) is 5.69 Å². The van der Waals surface area contributed by atoms with Crippen molar-refractivity contribution in [3.05, 3.63) is 65.7 Å². The number of tetrazole rings is 1. The second kappa shape index (κ2) is 8.62. The Labute approximate surface area is 157 Å². The standard InChI is InChI=1S/C19H21N5OS/c1-3-23(13-16-10-5-4-6-11-16)18(25)14-26-19-20-21-22-24(19)17-12-8-7-9-15(17)2/h4-12H,3,13-14H2,1-2H3. The highest BCUT2D eigenvalue weighted by atomic mass is 32.2. The van der Waals surface area contributed by atoms with Crippen molar-refractivity contribution < 1.29 is 4.79 Å². The fourth-order valence-electron chi connectivity index (χ4n) is 2.62. The van der Waals surface area contributed by atoms with Gasteiger partial charge in [-0.15, -0.1) is 5.10 Å². The second-order valence-electron chi connectivity index (χ2n) is 5.84. The van der Waals surface area contributed by atoms with Crippen LogP contribution in [0.1, 0.15) is 18.1 Å². The number of hydrogen-bond donors (Lipinski definition) is 0. The number of hydrogen-bond acceptors (Lipinski definition) is 5. The van der Waals surface area contributed by atoms with Gasteiger partial charge in [0.15, 0.2) is 0 Å². The molecule has 1 aromatic heterocycles. The average Bonchev–Trinajstić information content (AvgIpc) is 3.13. The largest absolute Gasteiger partial charge is 0.338 e. The van der Waals surface area contributed by atoms with E-state index >= 15 is 0 Å². The van der Waals surface area contributed by atoms with E-state index in [4.69, 9.17) is 0 Å². The molecule has 26 heavy (non-hydrogen) atoms. The van der Waals surface area contributed by atoms with Gasteiger partial charge < -0.3 is 4.90 Å². The summed E-state index contributed by atoms with van der Waals surface area (Å²) in [4.78, 5) is 14.5. The van der Waals surface area contributed by atoms with E-state index in [1.54, 1.807) is 4.68 Å². The lowest BCUT2D eigenvalue weighted by Gasteiger charge is -2.20. The van der Waals surface area contributed by atoms with Crippen LogP contribution in [0.15, 0.2) is 59.8 Å². The molecule has 0 atom stereocenters. The SMILES string of the molecule is CCN(Cc1ccccc1)C(=O)CSc1nnnn1-c1ccccc1C. The van der Waals surface area contributed by atoms with Gasteiger partial charge in [-0.1, -0.05) is 60.3 Å². The number of carbonyl (C=O) groups excluding carboxylic acids is 1. The van der Waals surface area contributed by atoms with E-state index < -0.39 is 0 Å². The number of rotatable bonds is 7. The Hall–Kier alpha value is -2.67. The van der Waals surface area contributed by atoms with Gasteiger partial charge in [-0.2, -0.15) is 4.68 Å². The zero-order valence-corrected chi connectivity index (χ0v) is 15.7. The third-order valence-corrected chi connectivity index (χ3v) is 4.96. The van der Waals surface area contributed by atoms with Gasteiger partial charge in [0, 0.05) is 13.1 Å². The summed E-state index contributed by atoms with van der Waals surface area (Å²) in [5, 5.41) is 12.5. The van der Waals surface area contributed by atoms with E-state index in [1.165, 1.54) is 11.8 Å². The molecule has 3 rings (SSSR count). The van der Waals surface area contributed by atoms with E-state index in [-0.39, 0.29) is 5.91 Å². The Kier molecular flexibility index (Phi) is 6.01. The van der Waals surface area contributed by atoms with Crippen molar-refractivity contribution in [2.45, 2.75) is 25.5 Å². The molecule has 7 heteroatoms. The minimum Gasteiger partial charge on any atom is -0.338 e. The molecular formula is C19H21N5OS. The maximum atomic E-state index is 12.6. The lowest BCUT2D eigenvalue weighted by Crippen LogP contribution is -2.31. The van der Waals surface area contributed by atoms with E-state index in [9.17, 15) is 4.79 Å². The van der Waals surface area contributed by atoms with E-state index in [0.717, 1.165) is 16.8 Å². The van der Waals surface area contributed by atoms with Crippen molar-refractivity contribution in [1.29, 1.82) is 0 Å². The topological polar surface area (TPSA) is 63.9 Å². The van der Waals surface area contributed by atoms with Crippen molar-refractivity contribution >= 4 is 17.7 Å². The van der Waals surface area contributed by atoms with Crippen molar-refractivity contribution in [1.82, 2.24) is 25.1 Å². The molecule has 2 aromatic carbocycles. The first kappa shape index (κ1) is 18.1. The van der Waals surface area contributed by atoms with Crippen molar-refractivity contribution in [3.63, 3.8) is 0 Å². The molecule has 0 saturated heterocycles. The molecule has 1 heterocycles. The monoisotopic (exact) mass is 367 g/mol. The van der Waals surface area contributed by atoms with Crippen LogP contribution in [0.4, 0.5) is 0 Å². The third-order valence-electron chi connectivity index (χ3n) is 4.06. The molecule has 0 unspecified atom stereocenters. The number of carbonyl (C=O) groups is 1. The molecule has 0 spiro atoms. The molecule has 0 aliphatic heterocycles. The molecule has 0 aliphatic carbocycles. The predicted octanol–water partition coefficient (Wildman–Crippen LogP) is 3.11. The first-order valence-corrected chi connectivity index (χ1v) is 9.46. The van der Waals surface area contributed by atoms with Gasteiger partial charge in [0.2, 0.25) is 11.1 Å². The summed E-state index contributed by atoms with van der Waals surface area (Å²) in [6.45, 7) is 5.27. The summed E-state index contributed by atoms with van der Waals surface area (Å²) in [6.07, 6.45) is 0. The first-order valence-electron chi connectivity index (χ1n) is 8.48. The lowest BCUT2D eigenvalue weighted by molar-refractivity contribution is -0.128. The molecule has 134 valence electrons. The van der Waals surface area contributed by atoms with Crippen LogP contribution in [-0.2, 0) is 11.3 Å². The number of nitrogens with zero attached hydrogens (tertiary/aromatic N) is 5. The Morgan fingerprint density at radius 2 is 1.85 bits per heavy atom. The summed E-state index contributed by atoms with van der Waals surface area (Å²) < 4.78 is 1.68. The average molecular weight is 367 g/mol. The smallest absolute Gasteiger partial charge is 0.233 e. The molecule has 0 radical (unpaired) electrons. The fraction of sp³-hybridized carbons (Fsp3) is 0.263. The zero-order valence-electron chi connectivity index (χ0n) is 14.9. The van der Waals surface area contributed by atoms with Gasteiger partial charge in [0.05, 0.1) is 11.4 Å². The maximum Gasteiger partial charge on any atom is 0.233 e. The number of aromatic nitrogens is 4. The molecule has 0 saturated carbocycles. The normalized spacial score (nSPS) is 10.7. The minimum absolute atomic E-state index is 0.0701.